The summed E-state index contributed by atoms with van der Waals surface area (Å²) in [5, 5.41) is 3.28. The van der Waals surface area contributed by atoms with Crippen LogP contribution in [0.25, 0.3) is 0 Å². The molecule has 0 aromatic heterocycles. The highest BCUT2D eigenvalue weighted by atomic mass is 16.2. The molecule has 0 radical (unpaired) electrons. The number of nitrogen functional groups attached to an aromatic ring is 1. The SMILES string of the molecule is NNC(=O)c1ccc(NCc2ccccc2)cc1. The molecular formula is C14H15N3O. The van der Waals surface area contributed by atoms with Gasteiger partial charge in [-0.3, -0.25) is 10.2 Å². The van der Waals surface area contributed by atoms with Crippen molar-refractivity contribution in [3.05, 3.63) is 65.7 Å². The number of nitrogens with two attached hydrogens (primary N) is 1. The number of hydrogen-bond acceptors (Lipinski definition) is 3. The topological polar surface area (TPSA) is 67.1 Å². The van der Waals surface area contributed by atoms with E-state index >= 15 is 0 Å². The fourth-order valence-electron chi connectivity index (χ4n) is 1.62. The Labute approximate surface area is 106 Å². The number of carbonyl (C=O) groups is 1. The van der Waals surface area contributed by atoms with E-state index < -0.39 is 0 Å². The maximum atomic E-state index is 11.2. The molecule has 2 aromatic carbocycles. The lowest BCUT2D eigenvalue weighted by atomic mass is 10.2. The molecule has 4 nitrogen and oxygen atoms in total. The van der Waals surface area contributed by atoms with Gasteiger partial charge >= 0.3 is 0 Å². The van der Waals surface area contributed by atoms with E-state index in [4.69, 9.17) is 5.84 Å². The Morgan fingerprint density at radius 2 is 1.67 bits per heavy atom. The second-order valence-corrected chi connectivity index (χ2v) is 3.89. The van der Waals surface area contributed by atoms with Gasteiger partial charge in [-0.1, -0.05) is 30.3 Å². The van der Waals surface area contributed by atoms with Crippen molar-refractivity contribution >= 4 is 11.6 Å². The van der Waals surface area contributed by atoms with Crippen molar-refractivity contribution < 1.29 is 4.79 Å². The number of hydrogen-bond donors (Lipinski definition) is 3. The zero-order valence-electron chi connectivity index (χ0n) is 9.89. The van der Waals surface area contributed by atoms with Crippen molar-refractivity contribution in [2.24, 2.45) is 5.84 Å². The number of anilines is 1. The first-order valence-corrected chi connectivity index (χ1v) is 5.68. The first kappa shape index (κ1) is 12.1. The minimum Gasteiger partial charge on any atom is -0.381 e. The van der Waals surface area contributed by atoms with Crippen LogP contribution < -0.4 is 16.6 Å². The van der Waals surface area contributed by atoms with Gasteiger partial charge < -0.3 is 5.32 Å². The van der Waals surface area contributed by atoms with Crippen molar-refractivity contribution in [1.29, 1.82) is 0 Å². The third kappa shape index (κ3) is 3.09. The number of benzene rings is 2. The van der Waals surface area contributed by atoms with E-state index in [-0.39, 0.29) is 5.91 Å². The van der Waals surface area contributed by atoms with Crippen molar-refractivity contribution in [3.8, 4) is 0 Å². The highest BCUT2D eigenvalue weighted by molar-refractivity contribution is 5.94. The van der Waals surface area contributed by atoms with Crippen LogP contribution in [0.3, 0.4) is 0 Å². The van der Waals surface area contributed by atoms with Gasteiger partial charge in [-0.15, -0.1) is 0 Å². The molecule has 0 bridgehead atoms. The Bertz CT molecular complexity index is 508. The summed E-state index contributed by atoms with van der Waals surface area (Å²) in [5.74, 6) is 4.77. The zero-order chi connectivity index (χ0) is 12.8. The fourth-order valence-corrected chi connectivity index (χ4v) is 1.62. The number of amides is 1. The molecule has 0 atom stereocenters. The van der Waals surface area contributed by atoms with Gasteiger partial charge in [-0.25, -0.2) is 5.84 Å². The fraction of sp³-hybridized carbons (Fsp3) is 0.0714. The van der Waals surface area contributed by atoms with Crippen LogP contribution in [-0.2, 0) is 6.54 Å². The second kappa shape index (κ2) is 5.84. The molecule has 0 aliphatic heterocycles. The van der Waals surface area contributed by atoms with Crippen LogP contribution in [0.1, 0.15) is 15.9 Å². The van der Waals surface area contributed by atoms with Gasteiger partial charge in [0, 0.05) is 17.8 Å². The van der Waals surface area contributed by atoms with Crippen molar-refractivity contribution in [2.45, 2.75) is 6.54 Å². The lowest BCUT2D eigenvalue weighted by molar-refractivity contribution is 0.0953. The summed E-state index contributed by atoms with van der Waals surface area (Å²) in [4.78, 5) is 11.2. The minimum absolute atomic E-state index is 0.287. The Balaban J connectivity index is 1.97. The third-order valence-electron chi connectivity index (χ3n) is 2.62. The average molecular weight is 241 g/mol. The first-order chi connectivity index (χ1) is 8.79. The molecular weight excluding hydrogens is 226 g/mol. The van der Waals surface area contributed by atoms with Crippen LogP contribution in [0, 0.1) is 0 Å². The lowest BCUT2D eigenvalue weighted by Crippen LogP contribution is -2.29. The summed E-state index contributed by atoms with van der Waals surface area (Å²) >= 11 is 0. The van der Waals surface area contributed by atoms with E-state index in [1.807, 2.05) is 30.3 Å². The quantitative estimate of drug-likeness (QED) is 0.435. The Morgan fingerprint density at radius 3 is 2.28 bits per heavy atom. The van der Waals surface area contributed by atoms with Gasteiger partial charge in [0.15, 0.2) is 0 Å². The van der Waals surface area contributed by atoms with E-state index in [9.17, 15) is 4.79 Å². The first-order valence-electron chi connectivity index (χ1n) is 5.68. The maximum absolute atomic E-state index is 11.2. The Kier molecular flexibility index (Phi) is 3.94. The van der Waals surface area contributed by atoms with E-state index in [2.05, 4.69) is 22.9 Å². The van der Waals surface area contributed by atoms with Crippen molar-refractivity contribution in [2.75, 3.05) is 5.32 Å². The predicted octanol–water partition coefficient (Wildman–Crippen LogP) is 1.90. The molecule has 0 aliphatic rings. The van der Waals surface area contributed by atoms with Crippen LogP contribution in [0.5, 0.6) is 0 Å². The van der Waals surface area contributed by atoms with Gasteiger partial charge in [0.05, 0.1) is 0 Å². The number of carbonyl (C=O) groups excluding carboxylic acids is 1. The normalized spacial score (nSPS) is 9.83. The van der Waals surface area contributed by atoms with Crippen molar-refractivity contribution in [3.63, 3.8) is 0 Å². The third-order valence-corrected chi connectivity index (χ3v) is 2.62. The van der Waals surface area contributed by atoms with E-state index in [0.29, 0.717) is 5.56 Å². The molecule has 18 heavy (non-hydrogen) atoms. The van der Waals surface area contributed by atoms with E-state index in [1.165, 1.54) is 5.56 Å². The molecule has 4 N–H and O–H groups in total. The molecule has 0 fully saturated rings. The average Bonchev–Trinajstić information content (AvgIpc) is 2.46. The minimum atomic E-state index is -0.287. The highest BCUT2D eigenvalue weighted by Gasteiger charge is 2.02. The number of hydrazine groups is 1. The summed E-state index contributed by atoms with van der Waals surface area (Å²) in [7, 11) is 0. The Hall–Kier alpha value is -2.33. The molecule has 0 saturated heterocycles. The van der Waals surface area contributed by atoms with Gasteiger partial charge in [-0.05, 0) is 29.8 Å². The van der Waals surface area contributed by atoms with Gasteiger partial charge in [-0.2, -0.15) is 0 Å². The van der Waals surface area contributed by atoms with Gasteiger partial charge in [0.2, 0.25) is 0 Å². The van der Waals surface area contributed by atoms with E-state index in [1.54, 1.807) is 12.1 Å². The van der Waals surface area contributed by atoms with Gasteiger partial charge in [0.1, 0.15) is 0 Å². The molecule has 0 spiro atoms. The van der Waals surface area contributed by atoms with E-state index in [0.717, 1.165) is 12.2 Å². The summed E-state index contributed by atoms with van der Waals surface area (Å²) in [5.41, 5.74) is 4.82. The second-order valence-electron chi connectivity index (χ2n) is 3.89. The zero-order valence-corrected chi connectivity index (χ0v) is 9.89. The summed E-state index contributed by atoms with van der Waals surface area (Å²) in [6.45, 7) is 0.753. The smallest absolute Gasteiger partial charge is 0.265 e. The summed E-state index contributed by atoms with van der Waals surface area (Å²) < 4.78 is 0. The molecule has 2 rings (SSSR count). The predicted molar refractivity (Wildman–Crippen MR) is 71.9 cm³/mol. The molecule has 0 aliphatic carbocycles. The maximum Gasteiger partial charge on any atom is 0.265 e. The monoisotopic (exact) mass is 241 g/mol. The largest absolute Gasteiger partial charge is 0.381 e. The lowest BCUT2D eigenvalue weighted by Gasteiger charge is -2.07. The van der Waals surface area contributed by atoms with Crippen LogP contribution in [-0.4, -0.2) is 5.91 Å². The van der Waals surface area contributed by atoms with Crippen LogP contribution in [0.2, 0.25) is 0 Å². The molecule has 92 valence electrons. The summed E-state index contributed by atoms with van der Waals surface area (Å²) in [6, 6.07) is 17.3. The molecule has 4 heteroatoms. The highest BCUT2D eigenvalue weighted by Crippen LogP contribution is 2.11. The molecule has 2 aromatic rings. The molecule has 1 amide bonds. The molecule has 0 unspecified atom stereocenters. The van der Waals surface area contributed by atoms with Crippen molar-refractivity contribution in [1.82, 2.24) is 5.43 Å². The molecule has 0 saturated carbocycles. The Morgan fingerprint density at radius 1 is 1.00 bits per heavy atom. The van der Waals surface area contributed by atoms with Crippen LogP contribution in [0.4, 0.5) is 5.69 Å². The van der Waals surface area contributed by atoms with Crippen LogP contribution >= 0.6 is 0 Å². The number of nitrogens with one attached hydrogen (secondary N) is 2. The number of rotatable bonds is 4. The molecule has 0 heterocycles. The summed E-state index contributed by atoms with van der Waals surface area (Å²) in [6.07, 6.45) is 0. The van der Waals surface area contributed by atoms with Crippen LogP contribution in [0.15, 0.2) is 54.6 Å². The van der Waals surface area contributed by atoms with Gasteiger partial charge in [0.25, 0.3) is 5.91 Å². The standard InChI is InChI=1S/C14H15N3O/c15-17-14(18)12-6-8-13(9-7-12)16-10-11-4-2-1-3-5-11/h1-9,16H,10,15H2,(H,17,18).